The van der Waals surface area contributed by atoms with Crippen LogP contribution in [0.5, 0.6) is 5.75 Å². The zero-order chi connectivity index (χ0) is 28.6. The van der Waals surface area contributed by atoms with Crippen molar-refractivity contribution in [3.63, 3.8) is 0 Å². The molecule has 2 saturated carbocycles. The molecule has 3 fully saturated rings. The van der Waals surface area contributed by atoms with Crippen LogP contribution in [0.15, 0.2) is 66.7 Å². The minimum Gasteiger partial charge on any atom is -0.427 e. The van der Waals surface area contributed by atoms with Crippen molar-refractivity contribution in [3.8, 4) is 5.75 Å². The van der Waals surface area contributed by atoms with Crippen LogP contribution >= 0.6 is 0 Å². The fourth-order valence-electron chi connectivity index (χ4n) is 8.24. The number of hydrogen-bond acceptors (Lipinski definition) is 3. The quantitative estimate of drug-likeness (QED) is 0.188. The largest absolute Gasteiger partial charge is 0.427 e. The third-order valence-corrected chi connectivity index (χ3v) is 10.0. The van der Waals surface area contributed by atoms with E-state index in [1.54, 1.807) is 0 Å². The van der Waals surface area contributed by atoms with Gasteiger partial charge in [0.1, 0.15) is 5.75 Å². The van der Waals surface area contributed by atoms with Crippen LogP contribution in [-0.4, -0.2) is 48.6 Å². The van der Waals surface area contributed by atoms with Crippen LogP contribution in [0.2, 0.25) is 0 Å². The molecule has 1 unspecified atom stereocenters. The second kappa shape index (κ2) is 11.2. The molecule has 1 aliphatic heterocycles. The number of ether oxygens (including phenoxy) is 1. The Kier molecular flexibility index (Phi) is 7.67. The van der Waals surface area contributed by atoms with E-state index in [0.717, 1.165) is 47.9 Å². The predicted molar refractivity (Wildman–Crippen MR) is 164 cm³/mol. The van der Waals surface area contributed by atoms with E-state index >= 15 is 0 Å². The number of piperidine rings is 1. The van der Waals surface area contributed by atoms with Gasteiger partial charge >= 0.3 is 5.97 Å². The second-order valence-electron chi connectivity index (χ2n) is 13.7. The fourth-order valence-corrected chi connectivity index (χ4v) is 8.24. The Bertz CT molecular complexity index is 1420. The highest BCUT2D eigenvalue weighted by atomic mass is 16.5. The number of esters is 1. The molecule has 0 bridgehead atoms. The normalized spacial score (nSPS) is 27.8. The molecule has 41 heavy (non-hydrogen) atoms. The molecule has 5 heteroatoms. The lowest BCUT2D eigenvalue weighted by molar-refractivity contribution is -0.942. The molecule has 1 heterocycles. The molecular formula is C36H45N2O3+. The minimum absolute atomic E-state index is 0.0116. The van der Waals surface area contributed by atoms with E-state index in [0.29, 0.717) is 17.6 Å². The van der Waals surface area contributed by atoms with Crippen LogP contribution in [0.4, 0.5) is 0 Å². The lowest BCUT2D eigenvalue weighted by atomic mass is 9.57. The third-order valence-electron chi connectivity index (χ3n) is 10.0. The number of amides is 1. The fraction of sp³-hybridized carbons (Fsp3) is 0.500. The molecule has 0 radical (unpaired) electrons. The number of fused-ring (bicyclic) bond motifs is 2. The maximum atomic E-state index is 13.5. The SMILES string of the molecule is CC(=O)Oc1cccc([C@]23CC[N@+](CC(C)C)(CC4CC4)CC2CC[C@@H](NC(=O)c2ccc4ccccc4c2)C3)c1. The lowest BCUT2D eigenvalue weighted by Crippen LogP contribution is -2.64. The molecule has 216 valence electrons. The average Bonchev–Trinajstić information content (AvgIpc) is 3.76. The maximum absolute atomic E-state index is 13.5. The van der Waals surface area contributed by atoms with Gasteiger partial charge in [-0.05, 0) is 72.7 Å². The summed E-state index contributed by atoms with van der Waals surface area (Å²) in [5.41, 5.74) is 1.94. The van der Waals surface area contributed by atoms with E-state index in [4.69, 9.17) is 4.74 Å². The summed E-state index contributed by atoms with van der Waals surface area (Å²) in [6.07, 6.45) is 6.90. The Morgan fingerprint density at radius 2 is 1.78 bits per heavy atom. The Labute approximate surface area is 244 Å². The van der Waals surface area contributed by atoms with Gasteiger partial charge in [-0.1, -0.05) is 56.3 Å². The van der Waals surface area contributed by atoms with Gasteiger partial charge in [0.15, 0.2) is 0 Å². The summed E-state index contributed by atoms with van der Waals surface area (Å²) in [6.45, 7) is 11.2. The first-order chi connectivity index (χ1) is 19.7. The first-order valence-electron chi connectivity index (χ1n) is 15.7. The van der Waals surface area contributed by atoms with E-state index in [1.165, 1.54) is 56.0 Å². The number of hydrogen-bond donors (Lipinski definition) is 1. The Morgan fingerprint density at radius 1 is 0.976 bits per heavy atom. The standard InChI is InChI=1S/C36H44N2O3/c1-25(2)22-38(23-27-11-12-27)18-17-36(31-9-6-10-34(20-31)41-26(3)39)21-33(16-15-32(36)24-38)37-35(40)30-14-13-28-7-4-5-8-29(28)19-30/h4-10,13-14,19-20,25,27,32-33H,11-12,15-18,21-24H2,1-3H3/p+1/t32?,33-,36-,38+/m1/s1. The highest BCUT2D eigenvalue weighted by molar-refractivity contribution is 5.98. The van der Waals surface area contributed by atoms with Gasteiger partial charge in [-0.3, -0.25) is 9.59 Å². The van der Waals surface area contributed by atoms with Crippen LogP contribution < -0.4 is 10.1 Å². The van der Waals surface area contributed by atoms with E-state index in [-0.39, 0.29) is 23.3 Å². The minimum atomic E-state index is -0.291. The first kappa shape index (κ1) is 28.0. The smallest absolute Gasteiger partial charge is 0.308 e. The van der Waals surface area contributed by atoms with Crippen molar-refractivity contribution in [3.05, 3.63) is 77.9 Å². The molecule has 0 aromatic heterocycles. The molecule has 0 spiro atoms. The number of quaternary nitrogens is 1. The zero-order valence-electron chi connectivity index (χ0n) is 24.9. The van der Waals surface area contributed by atoms with Crippen molar-refractivity contribution in [2.75, 3.05) is 26.2 Å². The number of carbonyl (C=O) groups excluding carboxylic acids is 2. The molecule has 4 atom stereocenters. The molecule has 1 saturated heterocycles. The number of rotatable bonds is 8. The summed E-state index contributed by atoms with van der Waals surface area (Å²) in [7, 11) is 0. The van der Waals surface area contributed by atoms with E-state index < -0.39 is 0 Å². The van der Waals surface area contributed by atoms with E-state index in [2.05, 4.69) is 43.4 Å². The number of carbonyl (C=O) groups is 2. The van der Waals surface area contributed by atoms with Gasteiger partial charge in [0, 0.05) is 48.1 Å². The van der Waals surface area contributed by atoms with Crippen LogP contribution in [0.3, 0.4) is 0 Å². The molecule has 2 aliphatic carbocycles. The monoisotopic (exact) mass is 553 g/mol. The molecule has 3 aliphatic rings. The molecule has 5 nitrogen and oxygen atoms in total. The van der Waals surface area contributed by atoms with Crippen molar-refractivity contribution in [1.82, 2.24) is 5.32 Å². The summed E-state index contributed by atoms with van der Waals surface area (Å²) in [4.78, 5) is 25.3. The molecular weight excluding hydrogens is 508 g/mol. The van der Waals surface area contributed by atoms with Crippen LogP contribution in [0.25, 0.3) is 10.8 Å². The van der Waals surface area contributed by atoms with Gasteiger partial charge in [-0.25, -0.2) is 0 Å². The first-order valence-corrected chi connectivity index (χ1v) is 15.7. The van der Waals surface area contributed by atoms with Crippen LogP contribution in [0, 0.1) is 17.8 Å². The van der Waals surface area contributed by atoms with Crippen molar-refractivity contribution < 1.29 is 18.8 Å². The predicted octanol–water partition coefficient (Wildman–Crippen LogP) is 6.89. The van der Waals surface area contributed by atoms with Crippen molar-refractivity contribution >= 4 is 22.6 Å². The van der Waals surface area contributed by atoms with Crippen molar-refractivity contribution in [2.24, 2.45) is 17.8 Å². The summed E-state index contributed by atoms with van der Waals surface area (Å²) in [6, 6.07) is 22.5. The number of nitrogens with zero attached hydrogens (tertiary/aromatic N) is 1. The molecule has 6 rings (SSSR count). The topological polar surface area (TPSA) is 55.4 Å². The third kappa shape index (κ3) is 6.06. The highest BCUT2D eigenvalue weighted by Gasteiger charge is 2.54. The van der Waals surface area contributed by atoms with E-state index in [1.807, 2.05) is 42.5 Å². The Morgan fingerprint density at radius 3 is 2.54 bits per heavy atom. The summed E-state index contributed by atoms with van der Waals surface area (Å²) in [5, 5.41) is 5.67. The number of benzene rings is 3. The average molecular weight is 554 g/mol. The van der Waals surface area contributed by atoms with E-state index in [9.17, 15) is 9.59 Å². The maximum Gasteiger partial charge on any atom is 0.308 e. The lowest BCUT2D eigenvalue weighted by Gasteiger charge is -2.57. The van der Waals surface area contributed by atoms with Crippen LogP contribution in [0.1, 0.15) is 75.2 Å². The van der Waals surface area contributed by atoms with Crippen molar-refractivity contribution in [1.29, 1.82) is 0 Å². The molecule has 3 aromatic rings. The summed E-state index contributed by atoms with van der Waals surface area (Å²) >= 11 is 0. The molecule has 1 N–H and O–H groups in total. The van der Waals surface area contributed by atoms with Gasteiger partial charge in [0.25, 0.3) is 5.91 Å². The highest BCUT2D eigenvalue weighted by Crippen LogP contribution is 2.52. The number of nitrogens with one attached hydrogen (secondary N) is 1. The van der Waals surface area contributed by atoms with Crippen LogP contribution in [-0.2, 0) is 10.2 Å². The van der Waals surface area contributed by atoms with Gasteiger partial charge in [-0.2, -0.15) is 0 Å². The molecule has 1 amide bonds. The summed E-state index contributed by atoms with van der Waals surface area (Å²) < 4.78 is 6.79. The Balaban J connectivity index is 1.28. The number of likely N-dealkylation sites (tertiary alicyclic amines) is 1. The molecule has 3 aromatic carbocycles. The van der Waals surface area contributed by atoms with Gasteiger partial charge < -0.3 is 14.5 Å². The zero-order valence-corrected chi connectivity index (χ0v) is 24.9. The van der Waals surface area contributed by atoms with Gasteiger partial charge in [0.05, 0.1) is 26.2 Å². The second-order valence-corrected chi connectivity index (χ2v) is 13.7. The van der Waals surface area contributed by atoms with Gasteiger partial charge in [0.2, 0.25) is 0 Å². The van der Waals surface area contributed by atoms with Gasteiger partial charge in [-0.15, -0.1) is 0 Å². The summed E-state index contributed by atoms with van der Waals surface area (Å²) in [5.74, 6) is 2.45. The van der Waals surface area contributed by atoms with Crippen molar-refractivity contribution in [2.45, 2.75) is 70.8 Å². The Hall–Kier alpha value is -3.18.